The predicted octanol–water partition coefficient (Wildman–Crippen LogP) is 2.58. The van der Waals surface area contributed by atoms with E-state index < -0.39 is 0 Å². The second-order valence-electron chi connectivity index (χ2n) is 3.98. The Bertz CT molecular complexity index is 484. The molecule has 1 aromatic rings. The van der Waals surface area contributed by atoms with Gasteiger partial charge in [0.25, 0.3) is 0 Å². The van der Waals surface area contributed by atoms with Crippen molar-refractivity contribution in [2.24, 2.45) is 0 Å². The Morgan fingerprint density at radius 1 is 1.50 bits per heavy atom. The first-order valence-corrected chi connectivity index (χ1v) is 6.62. The molecule has 1 atom stereocenters. The number of hydrogen-bond acceptors (Lipinski definition) is 5. The van der Waals surface area contributed by atoms with Gasteiger partial charge in [-0.05, 0) is 24.6 Å². The highest BCUT2D eigenvalue weighted by Gasteiger charge is 2.31. The molecule has 0 amide bonds. The lowest BCUT2D eigenvalue weighted by molar-refractivity contribution is -0.109. The number of esters is 1. The summed E-state index contributed by atoms with van der Waals surface area (Å²) in [5, 5.41) is 0.0742. The number of ether oxygens (including phenoxy) is 2. The van der Waals surface area contributed by atoms with Gasteiger partial charge in [0.15, 0.2) is 5.12 Å². The van der Waals surface area contributed by atoms with Gasteiger partial charge in [0.2, 0.25) is 0 Å². The third-order valence-electron chi connectivity index (χ3n) is 2.76. The zero-order valence-corrected chi connectivity index (χ0v) is 11.1. The molecule has 1 unspecified atom stereocenters. The molecule has 96 valence electrons. The maximum Gasteiger partial charge on any atom is 0.339 e. The van der Waals surface area contributed by atoms with E-state index in [9.17, 15) is 9.59 Å². The maximum absolute atomic E-state index is 11.6. The Kier molecular flexibility index (Phi) is 3.91. The van der Waals surface area contributed by atoms with E-state index in [1.54, 1.807) is 19.2 Å². The Morgan fingerprint density at radius 3 is 2.94 bits per heavy atom. The fourth-order valence-electron chi connectivity index (χ4n) is 1.90. The standard InChI is InChI=1S/C13H14O4S/c1-8(14)18-6-5-12-11-7-9(16-2)3-4-10(11)13(15)17-12/h3-4,7,12H,5-6H2,1-2H3. The summed E-state index contributed by atoms with van der Waals surface area (Å²) < 4.78 is 10.4. The molecule has 0 aromatic heterocycles. The normalized spacial score (nSPS) is 17.2. The zero-order valence-electron chi connectivity index (χ0n) is 10.3. The van der Waals surface area contributed by atoms with Crippen LogP contribution in [0.15, 0.2) is 18.2 Å². The summed E-state index contributed by atoms with van der Waals surface area (Å²) in [5.74, 6) is 1.05. The quantitative estimate of drug-likeness (QED) is 0.784. The molecule has 0 aliphatic carbocycles. The average Bonchev–Trinajstić information content (AvgIpc) is 2.65. The molecule has 4 nitrogen and oxygen atoms in total. The molecule has 0 spiro atoms. The Hall–Kier alpha value is -1.49. The lowest BCUT2D eigenvalue weighted by Gasteiger charge is -2.10. The van der Waals surface area contributed by atoms with Crippen LogP contribution in [0, 0.1) is 0 Å². The number of fused-ring (bicyclic) bond motifs is 1. The minimum atomic E-state index is -0.300. The highest BCUT2D eigenvalue weighted by molar-refractivity contribution is 8.13. The van der Waals surface area contributed by atoms with Crippen molar-refractivity contribution in [1.29, 1.82) is 0 Å². The van der Waals surface area contributed by atoms with Gasteiger partial charge in [-0.15, -0.1) is 0 Å². The smallest absolute Gasteiger partial charge is 0.339 e. The fourth-order valence-corrected chi connectivity index (χ4v) is 2.52. The van der Waals surface area contributed by atoms with Crippen molar-refractivity contribution >= 4 is 22.8 Å². The second-order valence-corrected chi connectivity index (χ2v) is 5.25. The molecular weight excluding hydrogens is 252 g/mol. The Labute approximate surface area is 110 Å². The van der Waals surface area contributed by atoms with E-state index in [0.29, 0.717) is 23.5 Å². The molecule has 0 saturated carbocycles. The summed E-state index contributed by atoms with van der Waals surface area (Å²) in [4.78, 5) is 22.5. The van der Waals surface area contributed by atoms with E-state index in [2.05, 4.69) is 0 Å². The van der Waals surface area contributed by atoms with Crippen molar-refractivity contribution in [2.45, 2.75) is 19.4 Å². The van der Waals surface area contributed by atoms with Gasteiger partial charge in [-0.2, -0.15) is 0 Å². The first-order valence-electron chi connectivity index (χ1n) is 5.64. The van der Waals surface area contributed by atoms with Crippen LogP contribution in [-0.2, 0) is 9.53 Å². The number of methoxy groups -OCH3 is 1. The molecule has 18 heavy (non-hydrogen) atoms. The van der Waals surface area contributed by atoms with Gasteiger partial charge in [-0.25, -0.2) is 4.79 Å². The fraction of sp³-hybridized carbons (Fsp3) is 0.385. The molecule has 0 bridgehead atoms. The van der Waals surface area contributed by atoms with Gasteiger partial charge < -0.3 is 9.47 Å². The highest BCUT2D eigenvalue weighted by atomic mass is 32.2. The maximum atomic E-state index is 11.6. The van der Waals surface area contributed by atoms with Gasteiger partial charge in [-0.3, -0.25) is 4.79 Å². The van der Waals surface area contributed by atoms with Crippen molar-refractivity contribution in [3.8, 4) is 5.75 Å². The summed E-state index contributed by atoms with van der Waals surface area (Å²) in [7, 11) is 1.58. The number of carbonyl (C=O) groups excluding carboxylic acids is 2. The van der Waals surface area contributed by atoms with Gasteiger partial charge in [0.1, 0.15) is 11.9 Å². The number of rotatable bonds is 4. The van der Waals surface area contributed by atoms with Crippen molar-refractivity contribution in [1.82, 2.24) is 0 Å². The largest absolute Gasteiger partial charge is 0.497 e. The number of thioether (sulfide) groups is 1. The van der Waals surface area contributed by atoms with Gasteiger partial charge >= 0.3 is 5.97 Å². The van der Waals surface area contributed by atoms with Gasteiger partial charge in [0.05, 0.1) is 12.7 Å². The number of hydrogen-bond donors (Lipinski definition) is 0. The minimum Gasteiger partial charge on any atom is -0.497 e. The monoisotopic (exact) mass is 266 g/mol. The first kappa shape index (κ1) is 13.0. The van der Waals surface area contributed by atoms with Gasteiger partial charge in [-0.1, -0.05) is 11.8 Å². The summed E-state index contributed by atoms with van der Waals surface area (Å²) in [5.41, 5.74) is 1.44. The van der Waals surface area contributed by atoms with Crippen LogP contribution in [0.25, 0.3) is 0 Å². The molecule has 1 aliphatic rings. The van der Waals surface area contributed by atoms with Crippen LogP contribution in [0.2, 0.25) is 0 Å². The van der Waals surface area contributed by atoms with Crippen LogP contribution in [-0.4, -0.2) is 23.9 Å². The van der Waals surface area contributed by atoms with Crippen LogP contribution in [0.3, 0.4) is 0 Å². The van der Waals surface area contributed by atoms with E-state index in [-0.39, 0.29) is 17.2 Å². The number of cyclic esters (lactones) is 1. The van der Waals surface area contributed by atoms with Crippen LogP contribution in [0.5, 0.6) is 5.75 Å². The zero-order chi connectivity index (χ0) is 13.1. The van der Waals surface area contributed by atoms with E-state index >= 15 is 0 Å². The molecule has 0 fully saturated rings. The summed E-state index contributed by atoms with van der Waals surface area (Å²) in [6.45, 7) is 1.53. The van der Waals surface area contributed by atoms with Crippen molar-refractivity contribution in [3.63, 3.8) is 0 Å². The molecule has 0 radical (unpaired) electrons. The second kappa shape index (κ2) is 5.44. The van der Waals surface area contributed by atoms with E-state index in [1.165, 1.54) is 18.7 Å². The SMILES string of the molecule is COc1ccc2c(c1)C(CCSC(C)=O)OC2=O. The third-order valence-corrected chi connectivity index (χ3v) is 3.61. The van der Waals surface area contributed by atoms with Crippen LogP contribution < -0.4 is 4.74 Å². The average molecular weight is 266 g/mol. The highest BCUT2D eigenvalue weighted by Crippen LogP contribution is 2.36. The molecular formula is C13H14O4S. The lowest BCUT2D eigenvalue weighted by Crippen LogP contribution is -2.01. The van der Waals surface area contributed by atoms with Gasteiger partial charge in [0, 0.05) is 18.2 Å². The molecule has 0 N–H and O–H groups in total. The first-order chi connectivity index (χ1) is 8.61. The topological polar surface area (TPSA) is 52.6 Å². The molecule has 1 heterocycles. The number of benzene rings is 1. The number of carbonyl (C=O) groups is 2. The lowest BCUT2D eigenvalue weighted by atomic mass is 10.0. The summed E-state index contributed by atoms with van der Waals surface area (Å²) in [6, 6.07) is 5.28. The van der Waals surface area contributed by atoms with Crippen molar-refractivity contribution in [2.75, 3.05) is 12.9 Å². The Balaban J connectivity index is 2.12. The van der Waals surface area contributed by atoms with Crippen LogP contribution in [0.4, 0.5) is 0 Å². The van der Waals surface area contributed by atoms with Crippen LogP contribution in [0.1, 0.15) is 35.4 Å². The van der Waals surface area contributed by atoms with Crippen molar-refractivity contribution in [3.05, 3.63) is 29.3 Å². The molecule has 0 saturated heterocycles. The molecule has 1 aliphatic heterocycles. The molecule has 5 heteroatoms. The van der Waals surface area contributed by atoms with E-state index in [4.69, 9.17) is 9.47 Å². The molecule has 1 aromatic carbocycles. The third kappa shape index (κ3) is 2.67. The van der Waals surface area contributed by atoms with Crippen LogP contribution >= 0.6 is 11.8 Å². The molecule has 2 rings (SSSR count). The Morgan fingerprint density at radius 2 is 2.28 bits per heavy atom. The predicted molar refractivity (Wildman–Crippen MR) is 68.9 cm³/mol. The minimum absolute atomic E-state index is 0.0742. The van der Waals surface area contributed by atoms with Crippen molar-refractivity contribution < 1.29 is 19.1 Å². The summed E-state index contributed by atoms with van der Waals surface area (Å²) in [6.07, 6.45) is 0.366. The summed E-state index contributed by atoms with van der Waals surface area (Å²) >= 11 is 1.24. The van der Waals surface area contributed by atoms with E-state index in [1.807, 2.05) is 6.07 Å². The van der Waals surface area contributed by atoms with E-state index in [0.717, 1.165) is 5.56 Å².